The Kier molecular flexibility index (Phi) is 4.77. The molecular formula is C14H27N3O. The first-order valence-corrected chi connectivity index (χ1v) is 7.03. The van der Waals surface area contributed by atoms with Crippen molar-refractivity contribution in [3.63, 3.8) is 0 Å². The number of carbonyl (C=O) groups excluding carboxylic acids is 1. The van der Waals surface area contributed by atoms with Crippen molar-refractivity contribution in [3.05, 3.63) is 0 Å². The quantitative estimate of drug-likeness (QED) is 0.791. The zero-order valence-electron chi connectivity index (χ0n) is 12.4. The van der Waals surface area contributed by atoms with E-state index in [1.165, 1.54) is 0 Å². The first-order chi connectivity index (χ1) is 8.37. The second-order valence-corrected chi connectivity index (χ2v) is 5.89. The fourth-order valence-electron chi connectivity index (χ4n) is 2.66. The van der Waals surface area contributed by atoms with Gasteiger partial charge in [0.15, 0.2) is 0 Å². The van der Waals surface area contributed by atoms with Gasteiger partial charge >= 0.3 is 6.03 Å². The first-order valence-electron chi connectivity index (χ1n) is 7.03. The lowest BCUT2D eigenvalue weighted by atomic mass is 9.82. The SMILES string of the molecule is CCC(C)CC1(CC)C(N)=NC(=O)N1CC(C)C. The number of hydrogen-bond donors (Lipinski definition) is 1. The maximum absolute atomic E-state index is 12.0. The lowest BCUT2D eigenvalue weighted by Crippen LogP contribution is -2.55. The van der Waals surface area contributed by atoms with Crippen LogP contribution in [0.2, 0.25) is 0 Å². The van der Waals surface area contributed by atoms with E-state index < -0.39 is 0 Å². The normalized spacial score (nSPS) is 25.8. The van der Waals surface area contributed by atoms with Gasteiger partial charge < -0.3 is 10.6 Å². The Morgan fingerprint density at radius 2 is 1.94 bits per heavy atom. The van der Waals surface area contributed by atoms with Gasteiger partial charge in [0.1, 0.15) is 11.4 Å². The molecule has 2 unspecified atom stereocenters. The second-order valence-electron chi connectivity index (χ2n) is 5.89. The summed E-state index contributed by atoms with van der Waals surface area (Å²) in [4.78, 5) is 17.9. The molecule has 0 radical (unpaired) electrons. The number of rotatable bonds is 6. The Bertz CT molecular complexity index is 338. The molecule has 0 aromatic carbocycles. The van der Waals surface area contributed by atoms with Gasteiger partial charge in [0.05, 0.1) is 0 Å². The van der Waals surface area contributed by atoms with Crippen molar-refractivity contribution < 1.29 is 4.79 Å². The monoisotopic (exact) mass is 253 g/mol. The summed E-state index contributed by atoms with van der Waals surface area (Å²) in [6.07, 6.45) is 2.84. The molecule has 0 saturated heterocycles. The van der Waals surface area contributed by atoms with Crippen LogP contribution in [0.4, 0.5) is 4.79 Å². The molecule has 1 heterocycles. The molecule has 4 nitrogen and oxygen atoms in total. The highest BCUT2D eigenvalue weighted by molar-refractivity contribution is 6.05. The smallest absolute Gasteiger partial charge is 0.346 e. The molecule has 0 fully saturated rings. The summed E-state index contributed by atoms with van der Waals surface area (Å²) in [5.41, 5.74) is 5.72. The average molecular weight is 253 g/mol. The fourth-order valence-corrected chi connectivity index (χ4v) is 2.66. The minimum absolute atomic E-state index is 0.161. The van der Waals surface area contributed by atoms with E-state index in [9.17, 15) is 4.79 Å². The van der Waals surface area contributed by atoms with Crippen LogP contribution in [0, 0.1) is 11.8 Å². The predicted octanol–water partition coefficient (Wildman–Crippen LogP) is 3.02. The standard InChI is InChI=1S/C14H27N3O/c1-6-11(5)8-14(7-2)12(15)16-13(18)17(14)9-10(3)4/h10-11H,6-9H2,1-5H3,(H2,15,16,18). The molecule has 0 aromatic heterocycles. The summed E-state index contributed by atoms with van der Waals surface area (Å²) in [6.45, 7) is 11.4. The number of aliphatic imine (C=N–C) groups is 1. The molecule has 0 aliphatic carbocycles. The van der Waals surface area contributed by atoms with E-state index in [4.69, 9.17) is 5.73 Å². The lowest BCUT2D eigenvalue weighted by Gasteiger charge is -2.40. The number of amides is 2. The molecule has 0 saturated carbocycles. The van der Waals surface area contributed by atoms with Crippen molar-refractivity contribution in [1.82, 2.24) is 4.90 Å². The summed E-state index contributed by atoms with van der Waals surface area (Å²) in [6, 6.07) is -0.161. The van der Waals surface area contributed by atoms with Gasteiger partial charge in [0.2, 0.25) is 0 Å². The third-order valence-electron chi connectivity index (χ3n) is 3.96. The van der Waals surface area contributed by atoms with E-state index >= 15 is 0 Å². The van der Waals surface area contributed by atoms with Crippen molar-refractivity contribution in [3.8, 4) is 0 Å². The van der Waals surface area contributed by atoms with Crippen LogP contribution in [0.1, 0.15) is 53.9 Å². The highest BCUT2D eigenvalue weighted by atomic mass is 16.2. The van der Waals surface area contributed by atoms with Gasteiger partial charge in [-0.15, -0.1) is 0 Å². The summed E-state index contributed by atoms with van der Waals surface area (Å²) in [5, 5.41) is 0. The van der Waals surface area contributed by atoms with Crippen LogP contribution < -0.4 is 5.73 Å². The van der Waals surface area contributed by atoms with Crippen molar-refractivity contribution in [2.75, 3.05) is 6.54 Å². The number of amidine groups is 1. The molecule has 2 amide bonds. The van der Waals surface area contributed by atoms with Gasteiger partial charge in [-0.2, -0.15) is 4.99 Å². The Balaban J connectivity index is 3.02. The summed E-state index contributed by atoms with van der Waals surface area (Å²) in [5.74, 6) is 1.48. The minimum atomic E-state index is -0.350. The zero-order chi connectivity index (χ0) is 13.9. The topological polar surface area (TPSA) is 58.7 Å². The molecule has 18 heavy (non-hydrogen) atoms. The van der Waals surface area contributed by atoms with Crippen LogP contribution in [0.3, 0.4) is 0 Å². The van der Waals surface area contributed by atoms with Gasteiger partial charge in [-0.25, -0.2) is 4.79 Å². The molecule has 0 bridgehead atoms. The van der Waals surface area contributed by atoms with Crippen molar-refractivity contribution in [2.24, 2.45) is 22.6 Å². The number of nitrogens with zero attached hydrogens (tertiary/aromatic N) is 2. The molecular weight excluding hydrogens is 226 g/mol. The Hall–Kier alpha value is -1.06. The summed E-state index contributed by atoms with van der Waals surface area (Å²) in [7, 11) is 0. The van der Waals surface area contributed by atoms with Gasteiger partial charge in [0, 0.05) is 6.54 Å². The summed E-state index contributed by atoms with van der Waals surface area (Å²) >= 11 is 0. The third kappa shape index (κ3) is 2.68. The minimum Gasteiger partial charge on any atom is -0.385 e. The van der Waals surface area contributed by atoms with E-state index in [1.54, 1.807) is 0 Å². The maximum atomic E-state index is 12.0. The Morgan fingerprint density at radius 1 is 1.33 bits per heavy atom. The fraction of sp³-hybridized carbons (Fsp3) is 0.857. The van der Waals surface area contributed by atoms with Gasteiger partial charge in [-0.05, 0) is 24.7 Å². The van der Waals surface area contributed by atoms with E-state index in [1.807, 2.05) is 4.90 Å². The highest BCUT2D eigenvalue weighted by Gasteiger charge is 2.47. The average Bonchev–Trinajstić information content (AvgIpc) is 2.52. The highest BCUT2D eigenvalue weighted by Crippen LogP contribution is 2.34. The number of carbonyl (C=O) groups is 1. The molecule has 1 rings (SSSR count). The van der Waals surface area contributed by atoms with Crippen LogP contribution >= 0.6 is 0 Å². The van der Waals surface area contributed by atoms with E-state index in [0.29, 0.717) is 17.7 Å². The molecule has 2 N–H and O–H groups in total. The second kappa shape index (κ2) is 5.72. The van der Waals surface area contributed by atoms with Crippen LogP contribution in [-0.4, -0.2) is 28.9 Å². The van der Waals surface area contributed by atoms with Crippen LogP contribution in [0.5, 0.6) is 0 Å². The number of hydrogen-bond acceptors (Lipinski definition) is 2. The molecule has 4 heteroatoms. The molecule has 1 aliphatic heterocycles. The first kappa shape index (κ1) is 15.0. The molecule has 104 valence electrons. The van der Waals surface area contributed by atoms with E-state index in [2.05, 4.69) is 39.6 Å². The molecule has 0 spiro atoms. The van der Waals surface area contributed by atoms with Gasteiger partial charge in [0.25, 0.3) is 0 Å². The molecule has 2 atom stereocenters. The van der Waals surface area contributed by atoms with Gasteiger partial charge in [-0.1, -0.05) is 41.0 Å². The Morgan fingerprint density at radius 3 is 2.39 bits per heavy atom. The predicted molar refractivity (Wildman–Crippen MR) is 75.7 cm³/mol. The number of urea groups is 1. The Labute approximate surface area is 111 Å². The lowest BCUT2D eigenvalue weighted by molar-refractivity contribution is 0.139. The van der Waals surface area contributed by atoms with Crippen LogP contribution in [0.25, 0.3) is 0 Å². The molecule has 1 aliphatic rings. The van der Waals surface area contributed by atoms with Gasteiger partial charge in [-0.3, -0.25) is 0 Å². The maximum Gasteiger partial charge on any atom is 0.346 e. The van der Waals surface area contributed by atoms with Crippen molar-refractivity contribution >= 4 is 11.9 Å². The van der Waals surface area contributed by atoms with Crippen LogP contribution in [0.15, 0.2) is 4.99 Å². The van der Waals surface area contributed by atoms with E-state index in [0.717, 1.165) is 25.8 Å². The van der Waals surface area contributed by atoms with E-state index in [-0.39, 0.29) is 11.6 Å². The third-order valence-corrected chi connectivity index (χ3v) is 3.96. The molecule has 0 aromatic rings. The zero-order valence-corrected chi connectivity index (χ0v) is 12.4. The largest absolute Gasteiger partial charge is 0.385 e. The summed E-state index contributed by atoms with van der Waals surface area (Å²) < 4.78 is 0. The number of nitrogens with two attached hydrogens (primary N) is 1. The van der Waals surface area contributed by atoms with Crippen molar-refractivity contribution in [1.29, 1.82) is 0 Å². The van der Waals surface area contributed by atoms with Crippen LogP contribution in [-0.2, 0) is 0 Å². The van der Waals surface area contributed by atoms with Crippen molar-refractivity contribution in [2.45, 2.75) is 59.4 Å².